The standard InChI is InChI=1S/C13H16N2OS/c1-3-15-8-7-14-13(15)17-10-11-5-4-6-12(9-11)16-2/h4-9H,3,10H2,1-2H3. The van der Waals surface area contributed by atoms with Gasteiger partial charge in [-0.2, -0.15) is 0 Å². The van der Waals surface area contributed by atoms with Gasteiger partial charge in [0.25, 0.3) is 0 Å². The van der Waals surface area contributed by atoms with Crippen LogP contribution in [-0.4, -0.2) is 16.7 Å². The van der Waals surface area contributed by atoms with Gasteiger partial charge < -0.3 is 9.30 Å². The fourth-order valence-corrected chi connectivity index (χ4v) is 2.55. The van der Waals surface area contributed by atoms with E-state index in [1.54, 1.807) is 18.9 Å². The van der Waals surface area contributed by atoms with Gasteiger partial charge in [0.15, 0.2) is 5.16 Å². The van der Waals surface area contributed by atoms with Gasteiger partial charge in [-0.25, -0.2) is 4.98 Å². The van der Waals surface area contributed by atoms with E-state index in [1.807, 2.05) is 24.5 Å². The van der Waals surface area contributed by atoms with Crippen molar-refractivity contribution in [1.29, 1.82) is 0 Å². The predicted molar refractivity (Wildman–Crippen MR) is 70.5 cm³/mol. The average molecular weight is 248 g/mol. The van der Waals surface area contributed by atoms with Gasteiger partial charge in [-0.15, -0.1) is 0 Å². The number of aromatic nitrogens is 2. The maximum absolute atomic E-state index is 5.21. The minimum atomic E-state index is 0.905. The molecule has 0 aliphatic rings. The molecule has 0 spiro atoms. The average Bonchev–Trinajstić information content (AvgIpc) is 2.84. The second-order valence-electron chi connectivity index (χ2n) is 3.64. The van der Waals surface area contributed by atoms with E-state index in [0.717, 1.165) is 23.2 Å². The van der Waals surface area contributed by atoms with Gasteiger partial charge >= 0.3 is 0 Å². The number of methoxy groups -OCH3 is 1. The molecule has 17 heavy (non-hydrogen) atoms. The largest absolute Gasteiger partial charge is 0.497 e. The van der Waals surface area contributed by atoms with Crippen molar-refractivity contribution in [3.8, 4) is 5.75 Å². The lowest BCUT2D eigenvalue weighted by atomic mass is 10.2. The van der Waals surface area contributed by atoms with Gasteiger partial charge in [-0.05, 0) is 24.6 Å². The zero-order valence-electron chi connectivity index (χ0n) is 10.1. The Morgan fingerprint density at radius 1 is 1.41 bits per heavy atom. The molecule has 0 radical (unpaired) electrons. The molecule has 0 N–H and O–H groups in total. The van der Waals surface area contributed by atoms with Crippen LogP contribution in [0.25, 0.3) is 0 Å². The number of nitrogens with zero attached hydrogens (tertiary/aromatic N) is 2. The Morgan fingerprint density at radius 2 is 2.29 bits per heavy atom. The summed E-state index contributed by atoms with van der Waals surface area (Å²) >= 11 is 1.75. The highest BCUT2D eigenvalue weighted by atomic mass is 32.2. The second-order valence-corrected chi connectivity index (χ2v) is 4.58. The molecule has 0 aliphatic heterocycles. The maximum atomic E-state index is 5.21. The third kappa shape index (κ3) is 3.03. The quantitative estimate of drug-likeness (QED) is 0.760. The molecule has 0 amide bonds. The first-order valence-corrected chi connectivity index (χ1v) is 6.59. The summed E-state index contributed by atoms with van der Waals surface area (Å²) < 4.78 is 7.35. The number of thioether (sulfide) groups is 1. The Balaban J connectivity index is 2.02. The van der Waals surface area contributed by atoms with Gasteiger partial charge in [-0.1, -0.05) is 23.9 Å². The molecule has 1 aromatic heterocycles. The van der Waals surface area contributed by atoms with Crippen molar-refractivity contribution >= 4 is 11.8 Å². The van der Waals surface area contributed by atoms with Crippen LogP contribution >= 0.6 is 11.8 Å². The molecule has 2 rings (SSSR count). The van der Waals surface area contributed by atoms with Crippen LogP contribution in [0.4, 0.5) is 0 Å². The molecule has 3 nitrogen and oxygen atoms in total. The van der Waals surface area contributed by atoms with Crippen LogP contribution in [-0.2, 0) is 12.3 Å². The summed E-state index contributed by atoms with van der Waals surface area (Å²) in [4.78, 5) is 4.34. The molecule has 1 heterocycles. The molecule has 2 aromatic rings. The van der Waals surface area contributed by atoms with E-state index >= 15 is 0 Å². The Kier molecular flexibility index (Phi) is 4.09. The van der Waals surface area contributed by atoms with E-state index < -0.39 is 0 Å². The predicted octanol–water partition coefficient (Wildman–Crippen LogP) is 3.20. The lowest BCUT2D eigenvalue weighted by Gasteiger charge is -2.05. The molecular weight excluding hydrogens is 232 g/mol. The van der Waals surface area contributed by atoms with Crippen LogP contribution in [0.2, 0.25) is 0 Å². The van der Waals surface area contributed by atoms with Crippen LogP contribution in [0.3, 0.4) is 0 Å². The van der Waals surface area contributed by atoms with Crippen LogP contribution in [0.5, 0.6) is 5.75 Å². The summed E-state index contributed by atoms with van der Waals surface area (Å²) in [5, 5.41) is 1.07. The van der Waals surface area contributed by atoms with Crippen LogP contribution in [0.1, 0.15) is 12.5 Å². The first-order chi connectivity index (χ1) is 8.33. The zero-order chi connectivity index (χ0) is 12.1. The minimum absolute atomic E-state index is 0.905. The van der Waals surface area contributed by atoms with E-state index in [-0.39, 0.29) is 0 Å². The number of ether oxygens (including phenoxy) is 1. The van der Waals surface area contributed by atoms with Crippen LogP contribution in [0.15, 0.2) is 41.8 Å². The summed E-state index contributed by atoms with van der Waals surface area (Å²) in [6.45, 7) is 3.08. The monoisotopic (exact) mass is 248 g/mol. The van der Waals surface area contributed by atoms with Crippen LogP contribution < -0.4 is 4.74 Å². The van der Waals surface area contributed by atoms with Crippen molar-refractivity contribution in [3.63, 3.8) is 0 Å². The lowest BCUT2D eigenvalue weighted by Crippen LogP contribution is -1.94. The van der Waals surface area contributed by atoms with Crippen molar-refractivity contribution in [1.82, 2.24) is 9.55 Å². The molecule has 0 atom stereocenters. The molecular formula is C13H16N2OS. The van der Waals surface area contributed by atoms with Crippen molar-refractivity contribution in [2.45, 2.75) is 24.4 Å². The normalized spacial score (nSPS) is 10.5. The van der Waals surface area contributed by atoms with E-state index in [2.05, 4.69) is 28.6 Å². The third-order valence-corrected chi connectivity index (χ3v) is 3.60. The number of benzene rings is 1. The van der Waals surface area contributed by atoms with Crippen molar-refractivity contribution in [2.24, 2.45) is 0 Å². The second kappa shape index (κ2) is 5.77. The Hall–Kier alpha value is -1.42. The summed E-state index contributed by atoms with van der Waals surface area (Å²) in [5.74, 6) is 1.82. The number of aryl methyl sites for hydroxylation is 1. The first-order valence-electron chi connectivity index (χ1n) is 5.60. The Labute approximate surface area is 106 Å². The SMILES string of the molecule is CCn1ccnc1SCc1cccc(OC)c1. The summed E-state index contributed by atoms with van der Waals surface area (Å²) in [6.07, 6.45) is 3.85. The van der Waals surface area contributed by atoms with Gasteiger partial charge in [-0.3, -0.25) is 0 Å². The molecule has 90 valence electrons. The summed E-state index contributed by atoms with van der Waals surface area (Å²) in [6, 6.07) is 8.14. The third-order valence-electron chi connectivity index (χ3n) is 2.52. The van der Waals surface area contributed by atoms with Gasteiger partial charge in [0.2, 0.25) is 0 Å². The molecule has 0 bridgehead atoms. The van der Waals surface area contributed by atoms with Crippen molar-refractivity contribution < 1.29 is 4.74 Å². The molecule has 0 unspecified atom stereocenters. The topological polar surface area (TPSA) is 27.1 Å². The first kappa shape index (κ1) is 12.0. The molecule has 0 aliphatic carbocycles. The molecule has 0 saturated carbocycles. The molecule has 0 saturated heterocycles. The number of rotatable bonds is 5. The summed E-state index contributed by atoms with van der Waals surface area (Å²) in [7, 11) is 1.69. The van der Waals surface area contributed by atoms with E-state index in [9.17, 15) is 0 Å². The zero-order valence-corrected chi connectivity index (χ0v) is 10.9. The molecule has 4 heteroatoms. The van der Waals surface area contributed by atoms with E-state index in [1.165, 1.54) is 5.56 Å². The van der Waals surface area contributed by atoms with E-state index in [0.29, 0.717) is 0 Å². The van der Waals surface area contributed by atoms with Crippen LogP contribution in [0, 0.1) is 0 Å². The lowest BCUT2D eigenvalue weighted by molar-refractivity contribution is 0.414. The van der Waals surface area contributed by atoms with Crippen molar-refractivity contribution in [2.75, 3.05) is 7.11 Å². The van der Waals surface area contributed by atoms with Gasteiger partial charge in [0.1, 0.15) is 5.75 Å². The van der Waals surface area contributed by atoms with Crippen molar-refractivity contribution in [3.05, 3.63) is 42.2 Å². The maximum Gasteiger partial charge on any atom is 0.168 e. The fraction of sp³-hybridized carbons (Fsp3) is 0.308. The summed E-state index contributed by atoms with van der Waals surface area (Å²) in [5.41, 5.74) is 1.25. The minimum Gasteiger partial charge on any atom is -0.497 e. The highest BCUT2D eigenvalue weighted by molar-refractivity contribution is 7.98. The molecule has 0 fully saturated rings. The highest BCUT2D eigenvalue weighted by Gasteiger charge is 2.03. The van der Waals surface area contributed by atoms with Gasteiger partial charge in [0.05, 0.1) is 7.11 Å². The number of hydrogen-bond donors (Lipinski definition) is 0. The Morgan fingerprint density at radius 3 is 3.06 bits per heavy atom. The fourth-order valence-electron chi connectivity index (χ4n) is 1.59. The highest BCUT2D eigenvalue weighted by Crippen LogP contribution is 2.23. The Bertz CT molecular complexity index is 482. The smallest absolute Gasteiger partial charge is 0.168 e. The molecule has 1 aromatic carbocycles. The number of imidazole rings is 1. The number of hydrogen-bond acceptors (Lipinski definition) is 3. The van der Waals surface area contributed by atoms with E-state index in [4.69, 9.17) is 4.74 Å². The van der Waals surface area contributed by atoms with Gasteiger partial charge in [0, 0.05) is 24.7 Å².